The molecule has 0 amide bonds. The summed E-state index contributed by atoms with van der Waals surface area (Å²) in [5.41, 5.74) is 1.49. The number of rotatable bonds is 2. The zero-order valence-electron chi connectivity index (χ0n) is 9.04. The number of hydrogen-bond donors (Lipinski definition) is 0. The van der Waals surface area contributed by atoms with Crippen molar-refractivity contribution in [3.05, 3.63) is 24.8 Å². The molecule has 0 N–H and O–H groups in total. The summed E-state index contributed by atoms with van der Waals surface area (Å²) in [6.07, 6.45) is 7.34. The molecule has 0 radical (unpaired) electrons. The van der Waals surface area contributed by atoms with Crippen LogP contribution in [0.5, 0.6) is 0 Å². The molecule has 0 aromatic rings. The number of fused-ring (bicyclic) bond motifs is 1. The van der Waals surface area contributed by atoms with E-state index in [9.17, 15) is 0 Å². The van der Waals surface area contributed by atoms with Gasteiger partial charge in [0, 0.05) is 13.1 Å². The standard InChI is InChI=1S/C13H21N/c1-3-7-14-8-6-12-9-11(2)4-5-13(12)10-14/h3,12-13H,1-2,4-10H2. The van der Waals surface area contributed by atoms with E-state index in [1.807, 2.05) is 6.08 Å². The zero-order chi connectivity index (χ0) is 9.97. The maximum absolute atomic E-state index is 4.13. The van der Waals surface area contributed by atoms with Gasteiger partial charge >= 0.3 is 0 Å². The molecule has 1 heterocycles. The van der Waals surface area contributed by atoms with E-state index >= 15 is 0 Å². The van der Waals surface area contributed by atoms with Crippen molar-refractivity contribution >= 4 is 0 Å². The number of hydrogen-bond acceptors (Lipinski definition) is 1. The van der Waals surface area contributed by atoms with Crippen LogP contribution >= 0.6 is 0 Å². The van der Waals surface area contributed by atoms with E-state index in [4.69, 9.17) is 0 Å². The van der Waals surface area contributed by atoms with Crippen molar-refractivity contribution in [2.24, 2.45) is 11.8 Å². The minimum atomic E-state index is 0.939. The smallest absolute Gasteiger partial charge is 0.0160 e. The molecule has 2 atom stereocenters. The van der Waals surface area contributed by atoms with Gasteiger partial charge in [0.2, 0.25) is 0 Å². The minimum absolute atomic E-state index is 0.939. The van der Waals surface area contributed by atoms with Crippen molar-refractivity contribution in [1.82, 2.24) is 4.90 Å². The van der Waals surface area contributed by atoms with Crippen LogP contribution in [0.1, 0.15) is 25.7 Å². The van der Waals surface area contributed by atoms with Crippen LogP contribution < -0.4 is 0 Å². The van der Waals surface area contributed by atoms with Crippen molar-refractivity contribution in [2.75, 3.05) is 19.6 Å². The Morgan fingerprint density at radius 1 is 1.36 bits per heavy atom. The van der Waals surface area contributed by atoms with E-state index in [0.29, 0.717) is 0 Å². The van der Waals surface area contributed by atoms with Gasteiger partial charge in [0.15, 0.2) is 0 Å². The highest BCUT2D eigenvalue weighted by Crippen LogP contribution is 2.37. The van der Waals surface area contributed by atoms with Crippen LogP contribution in [0.15, 0.2) is 24.8 Å². The van der Waals surface area contributed by atoms with Crippen molar-refractivity contribution < 1.29 is 0 Å². The van der Waals surface area contributed by atoms with Crippen molar-refractivity contribution in [2.45, 2.75) is 25.7 Å². The molecule has 2 fully saturated rings. The fourth-order valence-electron chi connectivity index (χ4n) is 2.96. The minimum Gasteiger partial charge on any atom is -0.299 e. The number of allylic oxidation sites excluding steroid dienone is 1. The third-order valence-corrected chi connectivity index (χ3v) is 3.78. The van der Waals surface area contributed by atoms with Gasteiger partial charge in [-0.3, -0.25) is 4.90 Å². The molecule has 78 valence electrons. The van der Waals surface area contributed by atoms with E-state index in [1.54, 1.807) is 0 Å². The molecule has 2 aliphatic rings. The Morgan fingerprint density at radius 2 is 2.21 bits per heavy atom. The van der Waals surface area contributed by atoms with E-state index in [1.165, 1.54) is 44.3 Å². The van der Waals surface area contributed by atoms with Gasteiger partial charge in [-0.05, 0) is 44.1 Å². The molecule has 1 aliphatic carbocycles. The Labute approximate surface area is 87.5 Å². The predicted octanol–water partition coefficient (Wildman–Crippen LogP) is 2.85. The first-order valence-corrected chi connectivity index (χ1v) is 5.79. The molecule has 2 unspecified atom stereocenters. The average Bonchev–Trinajstić information content (AvgIpc) is 2.19. The lowest BCUT2D eigenvalue weighted by Gasteiger charge is -2.41. The molecular formula is C13H21N. The molecule has 0 aromatic carbocycles. The van der Waals surface area contributed by atoms with Crippen LogP contribution in [0, 0.1) is 11.8 Å². The molecule has 1 saturated heterocycles. The van der Waals surface area contributed by atoms with Gasteiger partial charge in [0.1, 0.15) is 0 Å². The summed E-state index contributed by atoms with van der Waals surface area (Å²) in [6, 6.07) is 0. The second kappa shape index (κ2) is 4.31. The van der Waals surface area contributed by atoms with Crippen LogP contribution in [0.25, 0.3) is 0 Å². The molecule has 1 saturated carbocycles. The van der Waals surface area contributed by atoms with Gasteiger partial charge in [-0.2, -0.15) is 0 Å². The van der Waals surface area contributed by atoms with E-state index in [0.717, 1.165) is 18.4 Å². The molecule has 0 spiro atoms. The van der Waals surface area contributed by atoms with Crippen molar-refractivity contribution in [3.63, 3.8) is 0 Å². The molecule has 0 bridgehead atoms. The van der Waals surface area contributed by atoms with E-state index in [-0.39, 0.29) is 0 Å². The van der Waals surface area contributed by atoms with Crippen molar-refractivity contribution in [3.8, 4) is 0 Å². The van der Waals surface area contributed by atoms with Gasteiger partial charge in [-0.25, -0.2) is 0 Å². The molecular weight excluding hydrogens is 170 g/mol. The molecule has 2 rings (SSSR count). The molecule has 14 heavy (non-hydrogen) atoms. The Morgan fingerprint density at radius 3 is 3.00 bits per heavy atom. The number of piperidine rings is 1. The van der Waals surface area contributed by atoms with Crippen LogP contribution in [0.4, 0.5) is 0 Å². The second-order valence-corrected chi connectivity index (χ2v) is 4.85. The quantitative estimate of drug-likeness (QED) is 0.607. The Hall–Kier alpha value is -0.560. The van der Waals surface area contributed by atoms with Crippen LogP contribution in [-0.4, -0.2) is 24.5 Å². The topological polar surface area (TPSA) is 3.24 Å². The van der Waals surface area contributed by atoms with Crippen LogP contribution in [-0.2, 0) is 0 Å². The van der Waals surface area contributed by atoms with Gasteiger partial charge in [-0.15, -0.1) is 6.58 Å². The summed E-state index contributed by atoms with van der Waals surface area (Å²) in [5, 5.41) is 0. The van der Waals surface area contributed by atoms with E-state index < -0.39 is 0 Å². The lowest BCUT2D eigenvalue weighted by molar-refractivity contribution is 0.111. The van der Waals surface area contributed by atoms with Crippen LogP contribution in [0.3, 0.4) is 0 Å². The third kappa shape index (κ3) is 2.09. The lowest BCUT2D eigenvalue weighted by Crippen LogP contribution is -2.41. The third-order valence-electron chi connectivity index (χ3n) is 3.78. The number of likely N-dealkylation sites (tertiary alicyclic amines) is 1. The first kappa shape index (κ1) is 9.97. The summed E-state index contributed by atoms with van der Waals surface area (Å²) in [5.74, 6) is 1.88. The Bertz CT molecular complexity index is 231. The molecule has 0 aromatic heterocycles. The Balaban J connectivity index is 1.91. The second-order valence-electron chi connectivity index (χ2n) is 4.85. The zero-order valence-corrected chi connectivity index (χ0v) is 9.04. The first-order valence-electron chi connectivity index (χ1n) is 5.79. The summed E-state index contributed by atoms with van der Waals surface area (Å²) >= 11 is 0. The van der Waals surface area contributed by atoms with Gasteiger partial charge in [0.05, 0.1) is 0 Å². The average molecular weight is 191 g/mol. The number of nitrogens with zero attached hydrogens (tertiary/aromatic N) is 1. The maximum atomic E-state index is 4.13. The van der Waals surface area contributed by atoms with Crippen molar-refractivity contribution in [1.29, 1.82) is 0 Å². The lowest BCUT2D eigenvalue weighted by atomic mass is 9.73. The Kier molecular flexibility index (Phi) is 3.07. The van der Waals surface area contributed by atoms with Gasteiger partial charge < -0.3 is 0 Å². The van der Waals surface area contributed by atoms with Gasteiger partial charge in [0.25, 0.3) is 0 Å². The van der Waals surface area contributed by atoms with Crippen LogP contribution in [0.2, 0.25) is 0 Å². The highest BCUT2D eigenvalue weighted by Gasteiger charge is 2.31. The molecule has 1 heteroatoms. The summed E-state index contributed by atoms with van der Waals surface area (Å²) < 4.78 is 0. The van der Waals surface area contributed by atoms with E-state index in [2.05, 4.69) is 18.1 Å². The molecule has 1 nitrogen and oxygen atoms in total. The largest absolute Gasteiger partial charge is 0.299 e. The first-order chi connectivity index (χ1) is 6.79. The normalized spacial score (nSPS) is 33.9. The SMILES string of the molecule is C=CCN1CCC2CC(=C)CCC2C1. The maximum Gasteiger partial charge on any atom is 0.0160 e. The fraction of sp³-hybridized carbons (Fsp3) is 0.692. The predicted molar refractivity (Wildman–Crippen MR) is 61.2 cm³/mol. The monoisotopic (exact) mass is 191 g/mol. The highest BCUT2D eigenvalue weighted by atomic mass is 15.1. The molecule has 1 aliphatic heterocycles. The fourth-order valence-corrected chi connectivity index (χ4v) is 2.96. The van der Waals surface area contributed by atoms with Gasteiger partial charge in [-0.1, -0.05) is 18.2 Å². The summed E-state index contributed by atoms with van der Waals surface area (Å²) in [6.45, 7) is 11.6. The highest BCUT2D eigenvalue weighted by molar-refractivity contribution is 5.03. The summed E-state index contributed by atoms with van der Waals surface area (Å²) in [7, 11) is 0. The summed E-state index contributed by atoms with van der Waals surface area (Å²) in [4.78, 5) is 2.54.